The Balaban J connectivity index is 1.19. The molecule has 0 amide bonds. The Bertz CT molecular complexity index is 1210. The van der Waals surface area contributed by atoms with E-state index in [9.17, 15) is 20.0 Å². The van der Waals surface area contributed by atoms with Crippen molar-refractivity contribution in [2.45, 2.75) is 32.1 Å². The molecule has 0 aromatic heterocycles. The fourth-order valence-electron chi connectivity index (χ4n) is 5.83. The second kappa shape index (κ2) is 14.0. The van der Waals surface area contributed by atoms with E-state index < -0.39 is 0 Å². The molecule has 2 aromatic rings. The van der Waals surface area contributed by atoms with Crippen molar-refractivity contribution in [3.63, 3.8) is 0 Å². The summed E-state index contributed by atoms with van der Waals surface area (Å²) >= 11 is 0. The van der Waals surface area contributed by atoms with Crippen molar-refractivity contribution in [2.24, 2.45) is 10.3 Å². The van der Waals surface area contributed by atoms with Crippen LogP contribution >= 0.6 is 0 Å². The number of ketones is 2. The molecule has 2 saturated heterocycles. The fraction of sp³-hybridized carbons (Fsp3) is 0.484. The first-order chi connectivity index (χ1) is 20.1. The summed E-state index contributed by atoms with van der Waals surface area (Å²) in [6.07, 6.45) is 2.83. The van der Waals surface area contributed by atoms with Crippen LogP contribution in [0.15, 0.2) is 46.7 Å². The van der Waals surface area contributed by atoms with Gasteiger partial charge in [-0.1, -0.05) is 34.6 Å². The van der Waals surface area contributed by atoms with E-state index in [-0.39, 0.29) is 23.0 Å². The van der Waals surface area contributed by atoms with Crippen LogP contribution in [0.25, 0.3) is 11.1 Å². The van der Waals surface area contributed by atoms with Crippen molar-refractivity contribution in [2.75, 3.05) is 65.7 Å². The maximum Gasteiger partial charge on any atom is 0.210 e. The smallest absolute Gasteiger partial charge is 0.210 e. The summed E-state index contributed by atoms with van der Waals surface area (Å²) in [6.45, 7) is 8.04. The average molecular weight is 563 g/mol. The predicted octanol–water partition coefficient (Wildman–Crippen LogP) is 3.51. The largest absolute Gasteiger partial charge is 0.411 e. The minimum absolute atomic E-state index is 0.158. The van der Waals surface area contributed by atoms with Crippen LogP contribution in [0.3, 0.4) is 0 Å². The molecule has 5 rings (SSSR count). The van der Waals surface area contributed by atoms with Gasteiger partial charge in [-0.15, -0.1) is 0 Å². The Morgan fingerprint density at radius 2 is 1.10 bits per heavy atom. The van der Waals surface area contributed by atoms with Crippen LogP contribution in [0.5, 0.6) is 0 Å². The lowest BCUT2D eigenvalue weighted by Crippen LogP contribution is -2.37. The van der Waals surface area contributed by atoms with Crippen LogP contribution in [0.4, 0.5) is 0 Å². The van der Waals surface area contributed by atoms with Gasteiger partial charge in [0.25, 0.3) is 0 Å². The second-order valence-electron chi connectivity index (χ2n) is 10.8. The molecule has 0 atom stereocenters. The highest BCUT2D eigenvalue weighted by molar-refractivity contribution is 6.46. The van der Waals surface area contributed by atoms with E-state index in [0.717, 1.165) is 101 Å². The summed E-state index contributed by atoms with van der Waals surface area (Å²) in [7, 11) is 0. The van der Waals surface area contributed by atoms with E-state index >= 15 is 0 Å². The average Bonchev–Trinajstić information content (AvgIpc) is 3.39. The van der Waals surface area contributed by atoms with Crippen molar-refractivity contribution < 1.29 is 29.5 Å². The number of carbonyl (C=O) groups is 2. The maximum absolute atomic E-state index is 13.2. The number of nitrogens with zero attached hydrogens (tertiary/aromatic N) is 4. The first-order valence-electron chi connectivity index (χ1n) is 14.4. The molecule has 0 radical (unpaired) electrons. The van der Waals surface area contributed by atoms with Gasteiger partial charge in [-0.05, 0) is 79.6 Å². The molecular weight excluding hydrogens is 524 g/mol. The highest BCUT2D eigenvalue weighted by Crippen LogP contribution is 2.37. The highest BCUT2D eigenvalue weighted by Gasteiger charge is 2.24. The zero-order valence-electron chi connectivity index (χ0n) is 23.4. The van der Waals surface area contributed by atoms with E-state index in [1.54, 1.807) is 12.1 Å². The van der Waals surface area contributed by atoms with Gasteiger partial charge in [-0.2, -0.15) is 0 Å². The van der Waals surface area contributed by atoms with E-state index in [4.69, 9.17) is 9.47 Å². The molecule has 10 heteroatoms. The molecule has 218 valence electrons. The maximum atomic E-state index is 13.2. The van der Waals surface area contributed by atoms with Crippen molar-refractivity contribution in [1.29, 1.82) is 0 Å². The van der Waals surface area contributed by atoms with E-state index in [1.165, 1.54) is 0 Å². The van der Waals surface area contributed by atoms with Crippen molar-refractivity contribution in [3.05, 3.63) is 58.7 Å². The van der Waals surface area contributed by atoms with Crippen molar-refractivity contribution in [1.82, 2.24) is 9.80 Å². The molecular formula is C31H38N4O6. The van der Waals surface area contributed by atoms with Gasteiger partial charge in [-0.3, -0.25) is 19.4 Å². The van der Waals surface area contributed by atoms with Gasteiger partial charge in [0.05, 0.1) is 26.4 Å². The lowest BCUT2D eigenvalue weighted by atomic mass is 9.97. The van der Waals surface area contributed by atoms with Crippen LogP contribution in [0, 0.1) is 0 Å². The Morgan fingerprint density at radius 3 is 1.49 bits per heavy atom. The molecule has 41 heavy (non-hydrogen) atoms. The topological polar surface area (TPSA) is 124 Å². The van der Waals surface area contributed by atoms with Crippen LogP contribution in [0.1, 0.15) is 57.5 Å². The van der Waals surface area contributed by atoms with Gasteiger partial charge in [0, 0.05) is 37.3 Å². The standard InChI is InChI=1S/C31H38N4O6/c36-30(28(32-38)3-1-9-34-11-15-40-16-12-34)22-5-7-26-24(19-22)21-25-20-23(6-8-27(25)26)31(37)29(33-39)4-2-10-35-13-17-41-18-14-35/h5-8,19-20,38-39H,1-4,9-18,21H2. The molecule has 0 bridgehead atoms. The minimum Gasteiger partial charge on any atom is -0.411 e. The fourth-order valence-corrected chi connectivity index (χ4v) is 5.83. The van der Waals surface area contributed by atoms with Gasteiger partial charge in [-0.25, -0.2) is 0 Å². The third-order valence-corrected chi connectivity index (χ3v) is 8.15. The Labute approximate surface area is 240 Å². The number of morpholine rings is 2. The Hall–Kier alpha value is -3.44. The van der Waals surface area contributed by atoms with Crippen molar-refractivity contribution >= 4 is 23.0 Å². The molecule has 2 heterocycles. The first-order valence-corrected chi connectivity index (χ1v) is 14.4. The SMILES string of the molecule is O=C(C(CCCN1CCOCC1)=NO)c1ccc2c(c1)Cc1cc(C(=O)C(CCCN3CCOCC3)=NO)ccc1-2. The lowest BCUT2D eigenvalue weighted by Gasteiger charge is -2.26. The number of ether oxygens (including phenoxy) is 2. The number of oxime groups is 2. The molecule has 1 aliphatic carbocycles. The lowest BCUT2D eigenvalue weighted by molar-refractivity contribution is 0.0376. The summed E-state index contributed by atoms with van der Waals surface area (Å²) in [5.74, 6) is -0.546. The number of rotatable bonds is 12. The first kappa shape index (κ1) is 29.1. The van der Waals surface area contributed by atoms with Crippen molar-refractivity contribution in [3.8, 4) is 11.1 Å². The highest BCUT2D eigenvalue weighted by atomic mass is 16.5. The molecule has 0 spiro atoms. The van der Waals surface area contributed by atoms with Gasteiger partial charge in [0.1, 0.15) is 11.4 Å². The molecule has 2 aliphatic heterocycles. The molecule has 2 fully saturated rings. The number of Topliss-reactive ketones (excluding diaryl/α,β-unsaturated/α-hetero) is 2. The van der Waals surface area contributed by atoms with E-state index in [1.807, 2.05) is 24.3 Å². The van der Waals surface area contributed by atoms with Crippen LogP contribution in [0.2, 0.25) is 0 Å². The van der Waals surface area contributed by atoms with Gasteiger partial charge < -0.3 is 19.9 Å². The molecule has 0 saturated carbocycles. The molecule has 0 unspecified atom stereocenters. The van der Waals surface area contributed by atoms with E-state index in [2.05, 4.69) is 20.1 Å². The Morgan fingerprint density at radius 1 is 0.683 bits per heavy atom. The molecule has 2 N–H and O–H groups in total. The second-order valence-corrected chi connectivity index (χ2v) is 10.8. The minimum atomic E-state index is -0.273. The number of hydrogen-bond donors (Lipinski definition) is 2. The normalized spacial score (nSPS) is 18.2. The number of hydrogen-bond acceptors (Lipinski definition) is 10. The van der Waals surface area contributed by atoms with Gasteiger partial charge >= 0.3 is 0 Å². The van der Waals surface area contributed by atoms with Gasteiger partial charge in [0.15, 0.2) is 0 Å². The predicted molar refractivity (Wildman–Crippen MR) is 155 cm³/mol. The van der Waals surface area contributed by atoms with Crippen LogP contribution in [-0.4, -0.2) is 109 Å². The molecule has 10 nitrogen and oxygen atoms in total. The van der Waals surface area contributed by atoms with Crippen LogP contribution < -0.4 is 0 Å². The summed E-state index contributed by atoms with van der Waals surface area (Å²) in [5.41, 5.74) is 5.31. The third kappa shape index (κ3) is 7.08. The van der Waals surface area contributed by atoms with E-state index in [0.29, 0.717) is 30.4 Å². The van der Waals surface area contributed by atoms with Gasteiger partial charge in [0.2, 0.25) is 11.6 Å². The number of benzene rings is 2. The molecule has 3 aliphatic rings. The quantitative estimate of drug-likeness (QED) is 0.149. The zero-order valence-corrected chi connectivity index (χ0v) is 23.4. The summed E-state index contributed by atoms with van der Waals surface area (Å²) in [6, 6.07) is 11.1. The molecule has 2 aromatic carbocycles. The zero-order chi connectivity index (χ0) is 28.6. The van der Waals surface area contributed by atoms with Crippen LogP contribution in [-0.2, 0) is 15.9 Å². The summed E-state index contributed by atoms with van der Waals surface area (Å²) in [5, 5.41) is 25.8. The summed E-state index contributed by atoms with van der Waals surface area (Å²) in [4.78, 5) is 30.9. The monoisotopic (exact) mass is 562 g/mol. The number of carbonyl (C=O) groups excluding carboxylic acids is 2. The summed E-state index contributed by atoms with van der Waals surface area (Å²) < 4.78 is 10.8. The third-order valence-electron chi connectivity index (χ3n) is 8.15. The Kier molecular flexibility index (Phi) is 9.89. The number of fused-ring (bicyclic) bond motifs is 3.